The number of aryl methyl sites for hydroxylation is 1. The van der Waals surface area contributed by atoms with Gasteiger partial charge in [0.05, 0.1) is 5.69 Å². The van der Waals surface area contributed by atoms with Gasteiger partial charge in [0.2, 0.25) is 0 Å². The van der Waals surface area contributed by atoms with Crippen molar-refractivity contribution in [2.75, 3.05) is 0 Å². The minimum absolute atomic E-state index is 0.670. The number of allylic oxidation sites excluding steroid dienone is 5. The minimum atomic E-state index is 0.670. The summed E-state index contributed by atoms with van der Waals surface area (Å²) < 4.78 is 0. The first-order valence-electron chi connectivity index (χ1n) is 9.19. The molecule has 0 spiro atoms. The van der Waals surface area contributed by atoms with Crippen molar-refractivity contribution in [2.45, 2.75) is 20.8 Å². The maximum atomic E-state index is 6.22. The van der Waals surface area contributed by atoms with E-state index in [1.54, 1.807) is 0 Å². The van der Waals surface area contributed by atoms with Gasteiger partial charge in [-0.3, -0.25) is 0 Å². The van der Waals surface area contributed by atoms with Gasteiger partial charge in [-0.05, 0) is 61.6 Å². The lowest BCUT2D eigenvalue weighted by Crippen LogP contribution is -1.96. The van der Waals surface area contributed by atoms with Crippen LogP contribution in [0.3, 0.4) is 0 Å². The number of pyridine rings is 1. The molecule has 0 bridgehead atoms. The maximum absolute atomic E-state index is 6.22. The lowest BCUT2D eigenvalue weighted by atomic mass is 10.1. The highest BCUT2D eigenvalue weighted by atomic mass is 35.5. The second-order valence-electron chi connectivity index (χ2n) is 6.67. The van der Waals surface area contributed by atoms with E-state index in [1.807, 2.05) is 68.5 Å². The quantitative estimate of drug-likeness (QED) is 0.329. The first-order valence-corrected chi connectivity index (χ1v) is 9.57. The first-order chi connectivity index (χ1) is 13.5. The summed E-state index contributed by atoms with van der Waals surface area (Å²) in [5, 5.41) is 2.64. The molecule has 3 rings (SSSR count). The van der Waals surface area contributed by atoms with Crippen molar-refractivity contribution in [1.82, 2.24) is 4.98 Å². The summed E-state index contributed by atoms with van der Waals surface area (Å²) in [4.78, 5) is 9.64. The average molecular weight is 387 g/mol. The van der Waals surface area contributed by atoms with E-state index in [9.17, 15) is 0 Å². The Hall–Kier alpha value is -2.97. The Kier molecular flexibility index (Phi) is 6.23. The zero-order chi connectivity index (χ0) is 20.1. The molecule has 0 radical (unpaired) electrons. The van der Waals surface area contributed by atoms with Crippen LogP contribution in [0.5, 0.6) is 0 Å². The summed E-state index contributed by atoms with van der Waals surface area (Å²) in [5.41, 5.74) is 4.81. The number of hydrogen-bond acceptors (Lipinski definition) is 2. The summed E-state index contributed by atoms with van der Waals surface area (Å²) in [6, 6.07) is 16.1. The van der Waals surface area contributed by atoms with Crippen LogP contribution in [0.2, 0.25) is 5.02 Å². The van der Waals surface area contributed by atoms with Gasteiger partial charge in [-0.25, -0.2) is 9.98 Å². The van der Waals surface area contributed by atoms with E-state index < -0.39 is 0 Å². The summed E-state index contributed by atoms with van der Waals surface area (Å²) in [6.45, 7) is 10.2. The number of nitrogens with zero attached hydrogens (tertiary/aromatic N) is 2. The normalized spacial score (nSPS) is 12.4. The van der Waals surface area contributed by atoms with E-state index in [0.29, 0.717) is 10.8 Å². The Morgan fingerprint density at radius 2 is 1.93 bits per heavy atom. The van der Waals surface area contributed by atoms with Gasteiger partial charge in [-0.15, -0.1) is 0 Å². The van der Waals surface area contributed by atoms with Gasteiger partial charge in [0.15, 0.2) is 5.82 Å². The number of aromatic nitrogens is 1. The van der Waals surface area contributed by atoms with Crippen molar-refractivity contribution in [3.8, 4) is 0 Å². The molecule has 0 atom stereocenters. The molecule has 0 unspecified atom stereocenters. The predicted octanol–water partition coefficient (Wildman–Crippen LogP) is 7.48. The molecule has 2 nitrogen and oxygen atoms in total. The molecule has 0 aliphatic heterocycles. The molecule has 0 N–H and O–H groups in total. The van der Waals surface area contributed by atoms with Crippen LogP contribution in [-0.2, 0) is 0 Å². The largest absolute Gasteiger partial charge is 0.233 e. The van der Waals surface area contributed by atoms with Gasteiger partial charge in [0.25, 0.3) is 0 Å². The van der Waals surface area contributed by atoms with E-state index >= 15 is 0 Å². The molecule has 1 heterocycles. The van der Waals surface area contributed by atoms with Crippen molar-refractivity contribution in [3.05, 3.63) is 101 Å². The van der Waals surface area contributed by atoms with Crippen molar-refractivity contribution in [1.29, 1.82) is 0 Å². The first kappa shape index (κ1) is 19.8. The van der Waals surface area contributed by atoms with Gasteiger partial charge < -0.3 is 0 Å². The monoisotopic (exact) mass is 386 g/mol. The molecule has 3 heteroatoms. The number of rotatable bonds is 5. The van der Waals surface area contributed by atoms with Crippen LogP contribution >= 0.6 is 11.6 Å². The highest BCUT2D eigenvalue weighted by molar-refractivity contribution is 6.31. The number of benzene rings is 2. The fraction of sp³-hybridized carbons (Fsp3) is 0.120. The summed E-state index contributed by atoms with van der Waals surface area (Å²) in [7, 11) is 0. The molecule has 1 aromatic heterocycles. The maximum Gasteiger partial charge on any atom is 0.160 e. The van der Waals surface area contributed by atoms with Gasteiger partial charge in [0.1, 0.15) is 0 Å². The van der Waals surface area contributed by atoms with Gasteiger partial charge in [0, 0.05) is 16.1 Å². The van der Waals surface area contributed by atoms with E-state index in [4.69, 9.17) is 21.6 Å². The van der Waals surface area contributed by atoms with E-state index in [-0.39, 0.29) is 0 Å². The van der Waals surface area contributed by atoms with Crippen molar-refractivity contribution < 1.29 is 0 Å². The van der Waals surface area contributed by atoms with E-state index in [1.165, 1.54) is 5.56 Å². The molecule has 0 saturated carbocycles. The molecular weight excluding hydrogens is 364 g/mol. The van der Waals surface area contributed by atoms with E-state index in [2.05, 4.69) is 31.7 Å². The van der Waals surface area contributed by atoms with Crippen molar-refractivity contribution in [2.24, 2.45) is 4.99 Å². The molecule has 2 aromatic carbocycles. The topological polar surface area (TPSA) is 25.2 Å². The highest BCUT2D eigenvalue weighted by Crippen LogP contribution is 2.30. The molecular formula is C25H23ClN2. The van der Waals surface area contributed by atoms with Crippen LogP contribution in [0.1, 0.15) is 30.7 Å². The molecule has 0 saturated heterocycles. The highest BCUT2D eigenvalue weighted by Gasteiger charge is 2.09. The fourth-order valence-electron chi connectivity index (χ4n) is 2.92. The van der Waals surface area contributed by atoms with Crippen LogP contribution in [0.15, 0.2) is 84.4 Å². The summed E-state index contributed by atoms with van der Waals surface area (Å²) in [5.74, 6) is 0.670. The predicted molar refractivity (Wildman–Crippen MR) is 123 cm³/mol. The van der Waals surface area contributed by atoms with Crippen LogP contribution in [0.25, 0.3) is 16.3 Å². The average Bonchev–Trinajstić information content (AvgIpc) is 2.67. The Bertz CT molecular complexity index is 1120. The van der Waals surface area contributed by atoms with E-state index in [0.717, 1.165) is 33.3 Å². The standard InChI is InChI=1S/C25H23ClN2/c1-5-6-7-10-18(3)24-16-21-15-22(26)12-13-23(21)25(28-24)27-19(4)20-11-8-9-17(2)14-20/h5-16H,3H2,1-2,4H3/b6-5-,10-7-,27-19+. The molecule has 3 aromatic rings. The van der Waals surface area contributed by atoms with Crippen LogP contribution < -0.4 is 0 Å². The van der Waals surface area contributed by atoms with Crippen molar-refractivity contribution in [3.63, 3.8) is 0 Å². The Balaban J connectivity index is 2.14. The number of aliphatic imine (C=N–C) groups is 1. The second kappa shape index (κ2) is 8.81. The van der Waals surface area contributed by atoms with Gasteiger partial charge >= 0.3 is 0 Å². The number of hydrogen-bond donors (Lipinski definition) is 0. The third kappa shape index (κ3) is 4.65. The van der Waals surface area contributed by atoms with Crippen molar-refractivity contribution >= 4 is 39.5 Å². The Morgan fingerprint density at radius 1 is 1.11 bits per heavy atom. The molecule has 0 amide bonds. The third-order valence-corrected chi connectivity index (χ3v) is 4.65. The molecule has 0 aliphatic rings. The minimum Gasteiger partial charge on any atom is -0.233 e. The number of fused-ring (bicyclic) bond motifs is 1. The van der Waals surface area contributed by atoms with Gasteiger partial charge in [-0.1, -0.05) is 72.3 Å². The summed E-state index contributed by atoms with van der Waals surface area (Å²) in [6.07, 6.45) is 7.83. The second-order valence-corrected chi connectivity index (χ2v) is 7.11. The fourth-order valence-corrected chi connectivity index (χ4v) is 3.10. The van der Waals surface area contributed by atoms with Gasteiger partial charge in [-0.2, -0.15) is 0 Å². The van der Waals surface area contributed by atoms with Crippen LogP contribution in [-0.4, -0.2) is 10.7 Å². The van der Waals surface area contributed by atoms with Crippen LogP contribution in [0.4, 0.5) is 5.82 Å². The Labute approximate surface area is 171 Å². The lowest BCUT2D eigenvalue weighted by molar-refractivity contribution is 1.26. The molecule has 0 aliphatic carbocycles. The third-order valence-electron chi connectivity index (χ3n) is 4.41. The zero-order valence-electron chi connectivity index (χ0n) is 16.4. The molecule has 140 valence electrons. The summed E-state index contributed by atoms with van der Waals surface area (Å²) >= 11 is 6.22. The smallest absolute Gasteiger partial charge is 0.160 e. The SMILES string of the molecule is C=C(/C=C\C=C/C)c1cc2cc(Cl)ccc2c(/N=C(\C)c2cccc(C)c2)n1. The van der Waals surface area contributed by atoms with Crippen LogP contribution in [0, 0.1) is 6.92 Å². The molecule has 0 fully saturated rings. The zero-order valence-corrected chi connectivity index (χ0v) is 17.2. The Morgan fingerprint density at radius 3 is 2.68 bits per heavy atom. The number of halogens is 1. The lowest BCUT2D eigenvalue weighted by Gasteiger charge is -2.09. The molecule has 28 heavy (non-hydrogen) atoms.